The summed E-state index contributed by atoms with van der Waals surface area (Å²) in [7, 11) is -1.61. The van der Waals surface area contributed by atoms with Gasteiger partial charge in [0.05, 0.1) is 30.7 Å². The van der Waals surface area contributed by atoms with Gasteiger partial charge in [-0.15, -0.1) is 0 Å². The summed E-state index contributed by atoms with van der Waals surface area (Å²) in [5.74, 6) is -0.139. The Kier molecular flexibility index (Phi) is 6.47. The fourth-order valence-corrected chi connectivity index (χ4v) is 6.10. The fraction of sp³-hybridized carbons (Fsp3) is 0.500. The van der Waals surface area contributed by atoms with E-state index in [1.807, 2.05) is 19.3 Å². The standard InChI is InChI=1S/C22H30N4O4S/c1-17-7-8-18(15-21(17)31(28,29)26-11-13-30-14-12-26)23-22(27)16-25-10-4-6-20(25)19-5-3-9-24(19)2/h3,5,7-9,15,20H,4,6,10-14,16H2,1-2H3,(H,23,27). The highest BCUT2D eigenvalue weighted by Gasteiger charge is 2.30. The first-order valence-corrected chi connectivity index (χ1v) is 12.1. The molecule has 1 aromatic carbocycles. The number of amides is 1. The summed E-state index contributed by atoms with van der Waals surface area (Å²) < 4.78 is 35.0. The number of nitrogens with zero attached hydrogens (tertiary/aromatic N) is 3. The highest BCUT2D eigenvalue weighted by Crippen LogP contribution is 2.31. The fourth-order valence-electron chi connectivity index (χ4n) is 4.44. The predicted molar refractivity (Wildman–Crippen MR) is 118 cm³/mol. The second-order valence-electron chi connectivity index (χ2n) is 8.22. The molecule has 1 unspecified atom stereocenters. The maximum absolute atomic E-state index is 13.1. The van der Waals surface area contributed by atoms with Crippen LogP contribution >= 0.6 is 0 Å². The summed E-state index contributed by atoms with van der Waals surface area (Å²) in [5.41, 5.74) is 2.37. The van der Waals surface area contributed by atoms with Crippen LogP contribution in [0.1, 0.15) is 30.1 Å². The van der Waals surface area contributed by atoms with E-state index in [9.17, 15) is 13.2 Å². The summed E-state index contributed by atoms with van der Waals surface area (Å²) in [5, 5.41) is 2.90. The number of morpholine rings is 1. The van der Waals surface area contributed by atoms with E-state index in [0.29, 0.717) is 37.6 Å². The van der Waals surface area contributed by atoms with Crippen LogP contribution in [0.3, 0.4) is 0 Å². The minimum atomic E-state index is -3.63. The number of aromatic nitrogens is 1. The molecule has 0 aliphatic carbocycles. The molecule has 1 N–H and O–H groups in total. The van der Waals surface area contributed by atoms with E-state index in [0.717, 1.165) is 19.4 Å². The quantitative estimate of drug-likeness (QED) is 0.735. The van der Waals surface area contributed by atoms with Crippen LogP contribution in [0.2, 0.25) is 0 Å². The maximum atomic E-state index is 13.1. The molecule has 0 radical (unpaired) electrons. The predicted octanol–water partition coefficient (Wildman–Crippen LogP) is 2.13. The Morgan fingerprint density at radius 1 is 1.19 bits per heavy atom. The van der Waals surface area contributed by atoms with E-state index >= 15 is 0 Å². The Hall–Kier alpha value is -2.20. The lowest BCUT2D eigenvalue weighted by atomic mass is 10.1. The molecule has 4 rings (SSSR count). The third-order valence-electron chi connectivity index (χ3n) is 6.10. The van der Waals surface area contributed by atoms with Gasteiger partial charge in [0.15, 0.2) is 0 Å². The number of nitrogens with one attached hydrogen (secondary N) is 1. The summed E-state index contributed by atoms with van der Waals surface area (Å²) in [4.78, 5) is 15.2. The Morgan fingerprint density at radius 3 is 2.68 bits per heavy atom. The van der Waals surface area contributed by atoms with Crippen molar-refractivity contribution in [3.8, 4) is 0 Å². The lowest BCUT2D eigenvalue weighted by Gasteiger charge is -2.27. The first kappa shape index (κ1) is 22.0. The van der Waals surface area contributed by atoms with Crippen LogP contribution in [-0.2, 0) is 26.6 Å². The number of carbonyl (C=O) groups is 1. The average molecular weight is 447 g/mol. The molecule has 0 saturated carbocycles. The lowest BCUT2D eigenvalue weighted by molar-refractivity contribution is -0.117. The lowest BCUT2D eigenvalue weighted by Crippen LogP contribution is -2.40. The number of ether oxygens (including phenoxy) is 1. The van der Waals surface area contributed by atoms with Gasteiger partial charge in [0.2, 0.25) is 15.9 Å². The molecular weight excluding hydrogens is 416 g/mol. The topological polar surface area (TPSA) is 83.9 Å². The van der Waals surface area contributed by atoms with Gasteiger partial charge in [-0.2, -0.15) is 4.31 Å². The minimum absolute atomic E-state index is 0.139. The van der Waals surface area contributed by atoms with Crippen LogP contribution in [-0.4, -0.2) is 67.5 Å². The number of anilines is 1. The third kappa shape index (κ3) is 4.69. The summed E-state index contributed by atoms with van der Waals surface area (Å²) in [6, 6.07) is 9.41. The molecule has 1 aromatic heterocycles. The molecule has 3 heterocycles. The van der Waals surface area contributed by atoms with Crippen molar-refractivity contribution in [3.05, 3.63) is 47.8 Å². The molecule has 0 bridgehead atoms. The van der Waals surface area contributed by atoms with E-state index in [4.69, 9.17) is 4.74 Å². The van der Waals surface area contributed by atoms with Gasteiger partial charge in [0, 0.05) is 37.7 Å². The molecule has 2 saturated heterocycles. The molecule has 1 atom stereocenters. The number of benzene rings is 1. The number of carbonyl (C=O) groups excluding carboxylic acids is 1. The molecule has 2 aromatic rings. The second-order valence-corrected chi connectivity index (χ2v) is 10.1. The Bertz CT molecular complexity index is 1040. The van der Waals surface area contributed by atoms with Gasteiger partial charge in [-0.1, -0.05) is 6.07 Å². The maximum Gasteiger partial charge on any atom is 0.243 e. The zero-order valence-electron chi connectivity index (χ0n) is 18.1. The van der Waals surface area contributed by atoms with Crippen molar-refractivity contribution in [1.82, 2.24) is 13.8 Å². The average Bonchev–Trinajstić information content (AvgIpc) is 3.38. The van der Waals surface area contributed by atoms with E-state index in [1.165, 1.54) is 10.00 Å². The molecule has 31 heavy (non-hydrogen) atoms. The van der Waals surface area contributed by atoms with Gasteiger partial charge in [0.25, 0.3) is 0 Å². The monoisotopic (exact) mass is 446 g/mol. The first-order valence-electron chi connectivity index (χ1n) is 10.7. The van der Waals surface area contributed by atoms with Crippen molar-refractivity contribution in [3.63, 3.8) is 0 Å². The number of sulfonamides is 1. The largest absolute Gasteiger partial charge is 0.379 e. The first-order chi connectivity index (χ1) is 14.9. The van der Waals surface area contributed by atoms with Crippen molar-refractivity contribution in [2.24, 2.45) is 7.05 Å². The normalized spacial score (nSPS) is 20.8. The van der Waals surface area contributed by atoms with Gasteiger partial charge >= 0.3 is 0 Å². The molecule has 8 nitrogen and oxygen atoms in total. The van der Waals surface area contributed by atoms with Crippen LogP contribution in [0.5, 0.6) is 0 Å². The van der Waals surface area contributed by atoms with Crippen LogP contribution in [0.15, 0.2) is 41.4 Å². The molecule has 2 fully saturated rings. The van der Waals surface area contributed by atoms with E-state index in [1.54, 1.807) is 25.1 Å². The van der Waals surface area contributed by atoms with E-state index in [2.05, 4.69) is 20.9 Å². The smallest absolute Gasteiger partial charge is 0.243 e. The van der Waals surface area contributed by atoms with Crippen LogP contribution in [0.25, 0.3) is 0 Å². The summed E-state index contributed by atoms with van der Waals surface area (Å²) >= 11 is 0. The third-order valence-corrected chi connectivity index (χ3v) is 8.14. The summed E-state index contributed by atoms with van der Waals surface area (Å²) in [6.07, 6.45) is 4.10. The number of likely N-dealkylation sites (tertiary alicyclic amines) is 1. The van der Waals surface area contributed by atoms with Crippen molar-refractivity contribution in [2.75, 3.05) is 44.7 Å². The Labute approximate surface area is 183 Å². The molecule has 2 aliphatic rings. The zero-order valence-corrected chi connectivity index (χ0v) is 18.9. The number of rotatable bonds is 6. The zero-order chi connectivity index (χ0) is 22.0. The van der Waals surface area contributed by atoms with Gasteiger partial charge < -0.3 is 14.6 Å². The molecule has 168 valence electrons. The Balaban J connectivity index is 1.46. The SMILES string of the molecule is Cc1ccc(NC(=O)CN2CCCC2c2cccn2C)cc1S(=O)(=O)N1CCOCC1. The van der Waals surface area contributed by atoms with E-state index in [-0.39, 0.29) is 23.4 Å². The molecule has 1 amide bonds. The molecule has 9 heteroatoms. The number of hydrogen-bond acceptors (Lipinski definition) is 5. The van der Waals surface area contributed by atoms with Gasteiger partial charge in [-0.05, 0) is 56.1 Å². The molecule has 0 spiro atoms. The highest BCUT2D eigenvalue weighted by molar-refractivity contribution is 7.89. The Morgan fingerprint density at radius 2 is 1.97 bits per heavy atom. The molecule has 2 aliphatic heterocycles. The van der Waals surface area contributed by atoms with E-state index < -0.39 is 10.0 Å². The van der Waals surface area contributed by atoms with Gasteiger partial charge in [-0.25, -0.2) is 8.42 Å². The number of hydrogen-bond donors (Lipinski definition) is 1. The second kappa shape index (κ2) is 9.12. The van der Waals surface area contributed by atoms with Crippen molar-refractivity contribution in [2.45, 2.75) is 30.7 Å². The van der Waals surface area contributed by atoms with Crippen LogP contribution < -0.4 is 5.32 Å². The van der Waals surface area contributed by atoms with Crippen molar-refractivity contribution in [1.29, 1.82) is 0 Å². The summed E-state index contributed by atoms with van der Waals surface area (Å²) in [6.45, 7) is 4.39. The minimum Gasteiger partial charge on any atom is -0.379 e. The highest BCUT2D eigenvalue weighted by atomic mass is 32.2. The van der Waals surface area contributed by atoms with Crippen molar-refractivity contribution < 1.29 is 17.9 Å². The van der Waals surface area contributed by atoms with Crippen molar-refractivity contribution >= 4 is 21.6 Å². The van der Waals surface area contributed by atoms with Crippen LogP contribution in [0, 0.1) is 6.92 Å². The van der Waals surface area contributed by atoms with Gasteiger partial charge in [0.1, 0.15) is 0 Å². The van der Waals surface area contributed by atoms with Gasteiger partial charge in [-0.3, -0.25) is 9.69 Å². The van der Waals surface area contributed by atoms with Crippen LogP contribution in [0.4, 0.5) is 5.69 Å². The number of aryl methyl sites for hydroxylation is 2. The molecular formula is C22H30N4O4S.